The molecule has 1 aliphatic rings. The minimum Gasteiger partial charge on any atom is -0.378 e. The first-order chi connectivity index (χ1) is 9.75. The Morgan fingerprint density at radius 2 is 2.10 bits per heavy atom. The van der Waals surface area contributed by atoms with E-state index in [2.05, 4.69) is 12.1 Å². The van der Waals surface area contributed by atoms with Crippen LogP contribution < -0.4 is 0 Å². The Bertz CT molecular complexity index is 624. The second-order valence-electron chi connectivity index (χ2n) is 5.58. The fourth-order valence-electron chi connectivity index (χ4n) is 3.04. The number of fused-ring (bicyclic) bond motifs is 1. The SMILES string of the molecule is Cc1ccc2ccccc2c1C(=O)CCC1CCCO1. The van der Waals surface area contributed by atoms with Crippen LogP contribution in [0.2, 0.25) is 0 Å². The first-order valence-electron chi connectivity index (χ1n) is 7.39. The number of ether oxygens (including phenoxy) is 1. The maximum absolute atomic E-state index is 12.6. The topological polar surface area (TPSA) is 26.3 Å². The lowest BCUT2D eigenvalue weighted by atomic mass is 9.94. The van der Waals surface area contributed by atoms with Crippen LogP contribution in [0.1, 0.15) is 41.6 Å². The van der Waals surface area contributed by atoms with Gasteiger partial charge in [-0.2, -0.15) is 0 Å². The van der Waals surface area contributed by atoms with Gasteiger partial charge >= 0.3 is 0 Å². The van der Waals surface area contributed by atoms with Crippen LogP contribution in [0.5, 0.6) is 0 Å². The molecule has 0 aliphatic carbocycles. The Morgan fingerprint density at radius 1 is 1.25 bits per heavy atom. The molecule has 3 rings (SSSR count). The van der Waals surface area contributed by atoms with Crippen molar-refractivity contribution in [3.8, 4) is 0 Å². The van der Waals surface area contributed by atoms with Crippen LogP contribution >= 0.6 is 0 Å². The molecule has 1 heterocycles. The number of aryl methyl sites for hydroxylation is 1. The molecular formula is C18H20O2. The van der Waals surface area contributed by atoms with Gasteiger partial charge in [0.2, 0.25) is 0 Å². The molecule has 0 saturated carbocycles. The van der Waals surface area contributed by atoms with E-state index in [1.165, 1.54) is 0 Å². The van der Waals surface area contributed by atoms with Crippen molar-refractivity contribution < 1.29 is 9.53 Å². The molecule has 1 unspecified atom stereocenters. The van der Waals surface area contributed by atoms with Gasteiger partial charge in [0.25, 0.3) is 0 Å². The number of carbonyl (C=O) groups excluding carboxylic acids is 1. The van der Waals surface area contributed by atoms with Crippen LogP contribution in [0.25, 0.3) is 10.8 Å². The van der Waals surface area contributed by atoms with Crippen molar-refractivity contribution in [3.05, 3.63) is 47.5 Å². The number of carbonyl (C=O) groups is 1. The third-order valence-corrected chi connectivity index (χ3v) is 4.13. The first-order valence-corrected chi connectivity index (χ1v) is 7.39. The van der Waals surface area contributed by atoms with Crippen LogP contribution in [0.4, 0.5) is 0 Å². The van der Waals surface area contributed by atoms with Gasteiger partial charge in [0.1, 0.15) is 0 Å². The molecule has 1 aliphatic heterocycles. The molecule has 0 aromatic heterocycles. The summed E-state index contributed by atoms with van der Waals surface area (Å²) in [7, 11) is 0. The highest BCUT2D eigenvalue weighted by Crippen LogP contribution is 2.25. The van der Waals surface area contributed by atoms with Crippen LogP contribution in [-0.4, -0.2) is 18.5 Å². The highest BCUT2D eigenvalue weighted by molar-refractivity contribution is 6.09. The summed E-state index contributed by atoms with van der Waals surface area (Å²) in [5, 5.41) is 2.21. The van der Waals surface area contributed by atoms with Gasteiger partial charge < -0.3 is 4.74 Å². The average molecular weight is 268 g/mol. The molecule has 1 fully saturated rings. The summed E-state index contributed by atoms with van der Waals surface area (Å²) in [5.41, 5.74) is 1.96. The zero-order chi connectivity index (χ0) is 13.9. The van der Waals surface area contributed by atoms with Gasteiger partial charge in [-0.3, -0.25) is 4.79 Å². The highest BCUT2D eigenvalue weighted by Gasteiger charge is 2.19. The summed E-state index contributed by atoms with van der Waals surface area (Å²) in [6.07, 6.45) is 3.95. The molecule has 0 spiro atoms. The van der Waals surface area contributed by atoms with E-state index in [1.54, 1.807) is 0 Å². The van der Waals surface area contributed by atoms with Crippen LogP contribution in [0.15, 0.2) is 36.4 Å². The predicted molar refractivity (Wildman–Crippen MR) is 81.2 cm³/mol. The monoisotopic (exact) mass is 268 g/mol. The van der Waals surface area contributed by atoms with E-state index in [-0.39, 0.29) is 11.9 Å². The molecule has 0 amide bonds. The van der Waals surface area contributed by atoms with Crippen molar-refractivity contribution in [2.75, 3.05) is 6.61 Å². The van der Waals surface area contributed by atoms with E-state index in [4.69, 9.17) is 4.74 Å². The van der Waals surface area contributed by atoms with Crippen LogP contribution in [0, 0.1) is 6.92 Å². The molecule has 1 saturated heterocycles. The van der Waals surface area contributed by atoms with Crippen molar-refractivity contribution in [2.24, 2.45) is 0 Å². The quantitative estimate of drug-likeness (QED) is 0.773. The Balaban J connectivity index is 1.84. The fraction of sp³-hybridized carbons (Fsp3) is 0.389. The average Bonchev–Trinajstić information content (AvgIpc) is 2.98. The molecule has 2 nitrogen and oxygen atoms in total. The number of hydrogen-bond acceptors (Lipinski definition) is 2. The molecule has 20 heavy (non-hydrogen) atoms. The Hall–Kier alpha value is -1.67. The minimum atomic E-state index is 0.245. The third kappa shape index (κ3) is 2.61. The van der Waals surface area contributed by atoms with Gasteiger partial charge in [0.15, 0.2) is 5.78 Å². The zero-order valence-electron chi connectivity index (χ0n) is 11.9. The Morgan fingerprint density at radius 3 is 2.90 bits per heavy atom. The summed E-state index contributed by atoms with van der Waals surface area (Å²) in [4.78, 5) is 12.6. The Kier molecular flexibility index (Phi) is 3.83. The van der Waals surface area contributed by atoms with Gasteiger partial charge in [-0.1, -0.05) is 36.4 Å². The maximum atomic E-state index is 12.6. The van der Waals surface area contributed by atoms with Gasteiger partial charge in [-0.05, 0) is 42.5 Å². The first kappa shape index (κ1) is 13.3. The van der Waals surface area contributed by atoms with E-state index in [9.17, 15) is 4.79 Å². The molecule has 0 N–H and O–H groups in total. The van der Waals surface area contributed by atoms with Crippen LogP contribution in [-0.2, 0) is 4.74 Å². The Labute approximate surface area is 119 Å². The number of rotatable bonds is 4. The lowest BCUT2D eigenvalue weighted by Crippen LogP contribution is -2.10. The lowest BCUT2D eigenvalue weighted by molar-refractivity contribution is 0.0860. The number of benzene rings is 2. The van der Waals surface area contributed by atoms with Crippen molar-refractivity contribution >= 4 is 16.6 Å². The third-order valence-electron chi connectivity index (χ3n) is 4.13. The normalized spacial score (nSPS) is 18.6. The van der Waals surface area contributed by atoms with Gasteiger partial charge in [-0.15, -0.1) is 0 Å². The van der Waals surface area contributed by atoms with Crippen molar-refractivity contribution in [2.45, 2.75) is 38.7 Å². The zero-order valence-corrected chi connectivity index (χ0v) is 11.9. The van der Waals surface area contributed by atoms with E-state index in [0.29, 0.717) is 6.42 Å². The summed E-state index contributed by atoms with van der Waals surface area (Å²) < 4.78 is 5.60. The molecule has 2 heteroatoms. The lowest BCUT2D eigenvalue weighted by Gasteiger charge is -2.11. The van der Waals surface area contributed by atoms with E-state index in [1.807, 2.05) is 31.2 Å². The number of ketones is 1. The number of Topliss-reactive ketones (excluding diaryl/α,β-unsaturated/α-hetero) is 1. The molecule has 104 valence electrons. The second-order valence-corrected chi connectivity index (χ2v) is 5.58. The molecule has 2 aromatic rings. The van der Waals surface area contributed by atoms with Crippen molar-refractivity contribution in [1.29, 1.82) is 0 Å². The number of hydrogen-bond donors (Lipinski definition) is 0. The second kappa shape index (κ2) is 5.76. The van der Waals surface area contributed by atoms with Gasteiger partial charge in [0.05, 0.1) is 6.10 Å². The molecular weight excluding hydrogens is 248 g/mol. The highest BCUT2D eigenvalue weighted by atomic mass is 16.5. The summed E-state index contributed by atoms with van der Waals surface area (Å²) in [6.45, 7) is 2.87. The fourth-order valence-corrected chi connectivity index (χ4v) is 3.04. The summed E-state index contributed by atoms with van der Waals surface area (Å²) in [5.74, 6) is 0.245. The molecule has 0 bridgehead atoms. The van der Waals surface area contributed by atoms with Gasteiger partial charge in [0, 0.05) is 18.6 Å². The largest absolute Gasteiger partial charge is 0.378 e. The predicted octanol–water partition coefficient (Wildman–Crippen LogP) is 4.29. The molecule has 0 radical (unpaired) electrons. The summed E-state index contributed by atoms with van der Waals surface area (Å²) in [6, 6.07) is 12.2. The maximum Gasteiger partial charge on any atom is 0.163 e. The summed E-state index contributed by atoms with van der Waals surface area (Å²) >= 11 is 0. The molecule has 2 aromatic carbocycles. The smallest absolute Gasteiger partial charge is 0.163 e. The van der Waals surface area contributed by atoms with Gasteiger partial charge in [-0.25, -0.2) is 0 Å². The van der Waals surface area contributed by atoms with Crippen molar-refractivity contribution in [3.63, 3.8) is 0 Å². The molecule has 1 atom stereocenters. The standard InChI is InChI=1S/C18H20O2/c1-13-8-9-14-5-2-3-7-16(14)18(13)17(19)11-10-15-6-4-12-20-15/h2-3,5,7-9,15H,4,6,10-12H2,1H3. The van der Waals surface area contributed by atoms with E-state index in [0.717, 1.165) is 47.8 Å². The van der Waals surface area contributed by atoms with Crippen molar-refractivity contribution in [1.82, 2.24) is 0 Å². The van der Waals surface area contributed by atoms with E-state index >= 15 is 0 Å². The minimum absolute atomic E-state index is 0.245. The van der Waals surface area contributed by atoms with Crippen LogP contribution in [0.3, 0.4) is 0 Å². The van der Waals surface area contributed by atoms with E-state index < -0.39 is 0 Å².